The first-order valence-electron chi connectivity index (χ1n) is 6.44. The molecule has 0 saturated heterocycles. The summed E-state index contributed by atoms with van der Waals surface area (Å²) >= 11 is 0. The number of carbonyl (C=O) groups is 2. The second-order valence-corrected chi connectivity index (χ2v) is 5.09. The van der Waals surface area contributed by atoms with Crippen LogP contribution >= 0.6 is 0 Å². The zero-order valence-corrected chi connectivity index (χ0v) is 10.3. The second kappa shape index (κ2) is 5.50. The lowest BCUT2D eigenvalue weighted by atomic mass is 9.81. The minimum atomic E-state index is -0.771. The number of nitrogens with zero attached hydrogens (tertiary/aromatic N) is 1. The Bertz CT molecular complexity index is 372. The first kappa shape index (κ1) is 13.1. The molecule has 2 aliphatic rings. The Kier molecular flexibility index (Phi) is 3.99. The van der Waals surface area contributed by atoms with E-state index in [9.17, 15) is 14.0 Å². The van der Waals surface area contributed by atoms with Crippen molar-refractivity contribution in [3.05, 3.63) is 11.9 Å². The molecule has 5 heteroatoms. The topological polar surface area (TPSA) is 57.6 Å². The summed E-state index contributed by atoms with van der Waals surface area (Å²) in [5.74, 6) is -1.46. The maximum atomic E-state index is 13.1. The number of carbonyl (C=O) groups excluding carboxylic acids is 1. The van der Waals surface area contributed by atoms with Crippen molar-refractivity contribution in [1.82, 2.24) is 4.90 Å². The predicted molar refractivity (Wildman–Crippen MR) is 63.5 cm³/mol. The van der Waals surface area contributed by atoms with Crippen LogP contribution < -0.4 is 0 Å². The van der Waals surface area contributed by atoms with Crippen LogP contribution in [0.1, 0.15) is 32.1 Å². The van der Waals surface area contributed by atoms with Gasteiger partial charge in [-0.05, 0) is 38.2 Å². The molecule has 0 aromatic rings. The van der Waals surface area contributed by atoms with Gasteiger partial charge >= 0.3 is 5.97 Å². The van der Waals surface area contributed by atoms with Gasteiger partial charge in [0.1, 0.15) is 5.83 Å². The molecular weight excluding hydrogens is 237 g/mol. The SMILES string of the molecule is O=C(O)C1CCC(C(=O)N2CCC=C(F)C2)CC1. The van der Waals surface area contributed by atoms with E-state index in [4.69, 9.17) is 5.11 Å². The zero-order chi connectivity index (χ0) is 13.1. The molecule has 1 saturated carbocycles. The van der Waals surface area contributed by atoms with Crippen LogP contribution in [0, 0.1) is 11.8 Å². The molecule has 0 bridgehead atoms. The van der Waals surface area contributed by atoms with Crippen molar-refractivity contribution in [2.24, 2.45) is 11.8 Å². The molecule has 1 aliphatic carbocycles. The number of hydrogen-bond acceptors (Lipinski definition) is 2. The molecule has 0 aromatic carbocycles. The highest BCUT2D eigenvalue weighted by molar-refractivity contribution is 5.80. The van der Waals surface area contributed by atoms with Crippen LogP contribution in [0.25, 0.3) is 0 Å². The van der Waals surface area contributed by atoms with Gasteiger partial charge in [0.05, 0.1) is 12.5 Å². The average molecular weight is 255 g/mol. The first-order valence-corrected chi connectivity index (χ1v) is 6.44. The van der Waals surface area contributed by atoms with Crippen LogP contribution in [0.3, 0.4) is 0 Å². The van der Waals surface area contributed by atoms with Gasteiger partial charge in [0, 0.05) is 12.5 Å². The number of carboxylic acid groups (broad SMARTS) is 1. The molecule has 0 spiro atoms. The molecule has 2 rings (SSSR count). The maximum Gasteiger partial charge on any atom is 0.306 e. The van der Waals surface area contributed by atoms with Gasteiger partial charge in [0.25, 0.3) is 0 Å². The molecule has 100 valence electrons. The Morgan fingerprint density at radius 1 is 1.22 bits per heavy atom. The van der Waals surface area contributed by atoms with Crippen molar-refractivity contribution in [2.45, 2.75) is 32.1 Å². The summed E-state index contributed by atoms with van der Waals surface area (Å²) in [5.41, 5.74) is 0. The number of carboxylic acids is 1. The summed E-state index contributed by atoms with van der Waals surface area (Å²) in [5, 5.41) is 8.89. The van der Waals surface area contributed by atoms with E-state index >= 15 is 0 Å². The smallest absolute Gasteiger partial charge is 0.306 e. The fourth-order valence-electron chi connectivity index (χ4n) is 2.74. The van der Waals surface area contributed by atoms with Crippen LogP contribution in [-0.2, 0) is 9.59 Å². The molecule has 0 aromatic heterocycles. The predicted octanol–water partition coefficient (Wildman–Crippen LogP) is 1.96. The Morgan fingerprint density at radius 2 is 1.83 bits per heavy atom. The van der Waals surface area contributed by atoms with E-state index in [0.717, 1.165) is 0 Å². The summed E-state index contributed by atoms with van der Waals surface area (Å²) in [6, 6.07) is 0. The van der Waals surface area contributed by atoms with E-state index in [1.807, 2.05) is 0 Å². The summed E-state index contributed by atoms with van der Waals surface area (Å²) < 4.78 is 13.1. The van der Waals surface area contributed by atoms with Gasteiger partial charge in [-0.2, -0.15) is 0 Å². The Morgan fingerprint density at radius 3 is 2.39 bits per heavy atom. The highest BCUT2D eigenvalue weighted by Crippen LogP contribution is 2.30. The fourth-order valence-corrected chi connectivity index (χ4v) is 2.74. The molecule has 0 radical (unpaired) electrons. The van der Waals surface area contributed by atoms with Crippen LogP contribution in [0.15, 0.2) is 11.9 Å². The standard InChI is InChI=1S/C13H18FNO3/c14-11-2-1-7-15(8-11)12(16)9-3-5-10(6-4-9)13(17)18/h2,9-10H,1,3-8H2,(H,17,18). The van der Waals surface area contributed by atoms with Crippen molar-refractivity contribution < 1.29 is 19.1 Å². The third-order valence-corrected chi connectivity index (χ3v) is 3.84. The third-order valence-electron chi connectivity index (χ3n) is 3.84. The Labute approximate surface area is 105 Å². The van der Waals surface area contributed by atoms with Gasteiger partial charge in [-0.3, -0.25) is 9.59 Å². The number of hydrogen-bond donors (Lipinski definition) is 1. The normalized spacial score (nSPS) is 28.7. The molecule has 1 heterocycles. The van der Waals surface area contributed by atoms with Gasteiger partial charge < -0.3 is 10.0 Å². The highest BCUT2D eigenvalue weighted by Gasteiger charge is 2.32. The van der Waals surface area contributed by atoms with E-state index in [2.05, 4.69) is 0 Å². The molecular formula is C13H18FNO3. The number of halogens is 1. The van der Waals surface area contributed by atoms with Crippen LogP contribution in [-0.4, -0.2) is 35.0 Å². The maximum absolute atomic E-state index is 13.1. The lowest BCUT2D eigenvalue weighted by Crippen LogP contribution is -2.40. The Balaban J connectivity index is 1.88. The zero-order valence-electron chi connectivity index (χ0n) is 10.3. The van der Waals surface area contributed by atoms with Gasteiger partial charge in [-0.1, -0.05) is 0 Å². The Hall–Kier alpha value is -1.39. The van der Waals surface area contributed by atoms with Crippen molar-refractivity contribution in [3.8, 4) is 0 Å². The molecule has 4 nitrogen and oxygen atoms in total. The molecule has 0 atom stereocenters. The van der Waals surface area contributed by atoms with Gasteiger partial charge in [0.15, 0.2) is 0 Å². The largest absolute Gasteiger partial charge is 0.481 e. The molecule has 0 unspecified atom stereocenters. The van der Waals surface area contributed by atoms with Crippen LogP contribution in [0.5, 0.6) is 0 Å². The fraction of sp³-hybridized carbons (Fsp3) is 0.692. The first-order chi connectivity index (χ1) is 8.58. The number of rotatable bonds is 2. The molecule has 18 heavy (non-hydrogen) atoms. The quantitative estimate of drug-likeness (QED) is 0.820. The van der Waals surface area contributed by atoms with Gasteiger partial charge in [0.2, 0.25) is 5.91 Å². The van der Waals surface area contributed by atoms with E-state index in [0.29, 0.717) is 38.6 Å². The van der Waals surface area contributed by atoms with Crippen molar-refractivity contribution in [1.29, 1.82) is 0 Å². The molecule has 1 N–H and O–H groups in total. The molecule has 1 aliphatic heterocycles. The van der Waals surface area contributed by atoms with Crippen molar-refractivity contribution in [2.75, 3.05) is 13.1 Å². The number of amides is 1. The minimum Gasteiger partial charge on any atom is -0.481 e. The lowest BCUT2D eigenvalue weighted by molar-refractivity contribution is -0.145. The van der Waals surface area contributed by atoms with Gasteiger partial charge in [-0.15, -0.1) is 0 Å². The van der Waals surface area contributed by atoms with Crippen LogP contribution in [0.2, 0.25) is 0 Å². The third kappa shape index (κ3) is 2.89. The summed E-state index contributed by atoms with van der Waals surface area (Å²) in [4.78, 5) is 24.5. The second-order valence-electron chi connectivity index (χ2n) is 5.09. The highest BCUT2D eigenvalue weighted by atomic mass is 19.1. The van der Waals surface area contributed by atoms with Gasteiger partial charge in [-0.25, -0.2) is 4.39 Å². The van der Waals surface area contributed by atoms with E-state index in [-0.39, 0.29) is 30.1 Å². The number of aliphatic carboxylic acids is 1. The van der Waals surface area contributed by atoms with E-state index in [1.54, 1.807) is 4.90 Å². The summed E-state index contributed by atoms with van der Waals surface area (Å²) in [7, 11) is 0. The molecule has 1 fully saturated rings. The van der Waals surface area contributed by atoms with E-state index in [1.165, 1.54) is 6.08 Å². The summed E-state index contributed by atoms with van der Waals surface area (Å²) in [6.07, 6.45) is 4.41. The van der Waals surface area contributed by atoms with Crippen molar-refractivity contribution >= 4 is 11.9 Å². The van der Waals surface area contributed by atoms with E-state index < -0.39 is 5.97 Å². The molecule has 1 amide bonds. The van der Waals surface area contributed by atoms with Crippen LogP contribution in [0.4, 0.5) is 4.39 Å². The monoisotopic (exact) mass is 255 g/mol. The minimum absolute atomic E-state index is 0.0120. The lowest BCUT2D eigenvalue weighted by Gasteiger charge is -2.32. The van der Waals surface area contributed by atoms with Crippen molar-refractivity contribution in [3.63, 3.8) is 0 Å². The summed E-state index contributed by atoms with van der Waals surface area (Å²) in [6.45, 7) is 0.656. The average Bonchev–Trinajstić information content (AvgIpc) is 2.38.